The highest BCUT2D eigenvalue weighted by Gasteiger charge is 2.23. The lowest BCUT2D eigenvalue weighted by Gasteiger charge is -2.29. The summed E-state index contributed by atoms with van der Waals surface area (Å²) in [5, 5.41) is 2.67. The van der Waals surface area contributed by atoms with Crippen molar-refractivity contribution in [1.29, 1.82) is 0 Å². The fraction of sp³-hybridized carbons (Fsp3) is 0.667. The molecule has 1 N–H and O–H groups in total. The Balaban J connectivity index is 4.29. The summed E-state index contributed by atoms with van der Waals surface area (Å²) in [7, 11) is 3.12. The molecule has 0 aliphatic carbocycles. The molecule has 1 unspecified atom stereocenters. The molecular formula is C15H27N3O4. The average Bonchev–Trinajstić information content (AvgIpc) is 2.40. The van der Waals surface area contributed by atoms with Crippen molar-refractivity contribution in [3.63, 3.8) is 0 Å². The molecule has 0 rings (SSSR count). The first kappa shape index (κ1) is 19.9. The van der Waals surface area contributed by atoms with E-state index in [1.165, 1.54) is 16.8 Å². The van der Waals surface area contributed by atoms with Crippen molar-refractivity contribution in [3.05, 3.63) is 12.7 Å². The normalized spacial score (nSPS) is 12.1. The predicted octanol–water partition coefficient (Wildman–Crippen LogP) is 1.00. The fourth-order valence-electron chi connectivity index (χ4n) is 1.42. The molecule has 0 saturated carbocycles. The number of nitrogens with zero attached hydrogens (tertiary/aromatic N) is 2. The van der Waals surface area contributed by atoms with Gasteiger partial charge in [0.1, 0.15) is 5.60 Å². The molecule has 0 aliphatic rings. The summed E-state index contributed by atoms with van der Waals surface area (Å²) in [5.41, 5.74) is -0.567. The predicted molar refractivity (Wildman–Crippen MR) is 84.3 cm³/mol. The Kier molecular flexibility index (Phi) is 7.62. The lowest BCUT2D eigenvalue weighted by molar-refractivity contribution is -0.131. The highest BCUT2D eigenvalue weighted by molar-refractivity contribution is 5.90. The van der Waals surface area contributed by atoms with Crippen LogP contribution in [-0.4, -0.2) is 66.5 Å². The highest BCUT2D eigenvalue weighted by atomic mass is 16.6. The number of hydrogen-bond donors (Lipinski definition) is 1. The first-order chi connectivity index (χ1) is 9.97. The molecule has 22 heavy (non-hydrogen) atoms. The number of carbonyl (C=O) groups is 3. The molecule has 0 aromatic rings. The Bertz CT molecular complexity index is 429. The molecule has 0 saturated heterocycles. The minimum Gasteiger partial charge on any atom is -0.444 e. The van der Waals surface area contributed by atoms with Gasteiger partial charge in [0.25, 0.3) is 0 Å². The topological polar surface area (TPSA) is 79.0 Å². The Hall–Kier alpha value is -2.05. The zero-order valence-corrected chi connectivity index (χ0v) is 14.3. The smallest absolute Gasteiger partial charge is 0.410 e. The van der Waals surface area contributed by atoms with Gasteiger partial charge in [0.15, 0.2) is 0 Å². The van der Waals surface area contributed by atoms with E-state index < -0.39 is 11.7 Å². The minimum absolute atomic E-state index is 0.0618. The molecule has 7 nitrogen and oxygen atoms in total. The first-order valence-electron chi connectivity index (χ1n) is 7.08. The van der Waals surface area contributed by atoms with Gasteiger partial charge in [-0.2, -0.15) is 0 Å². The van der Waals surface area contributed by atoms with E-state index in [9.17, 15) is 14.4 Å². The molecular weight excluding hydrogens is 286 g/mol. The van der Waals surface area contributed by atoms with Crippen LogP contribution in [0.5, 0.6) is 0 Å². The van der Waals surface area contributed by atoms with Crippen molar-refractivity contribution in [3.8, 4) is 0 Å². The largest absolute Gasteiger partial charge is 0.444 e. The lowest BCUT2D eigenvalue weighted by atomic mass is 10.2. The molecule has 1 atom stereocenters. The summed E-state index contributed by atoms with van der Waals surface area (Å²) in [5.74, 6) is -0.629. The molecule has 0 heterocycles. The third-order valence-corrected chi connectivity index (χ3v) is 2.87. The van der Waals surface area contributed by atoms with Gasteiger partial charge in [-0.05, 0) is 33.8 Å². The number of nitrogens with one attached hydrogen (secondary N) is 1. The van der Waals surface area contributed by atoms with Crippen molar-refractivity contribution in [1.82, 2.24) is 15.1 Å². The molecule has 0 bridgehead atoms. The number of ether oxygens (including phenoxy) is 1. The maximum atomic E-state index is 11.9. The van der Waals surface area contributed by atoms with Gasteiger partial charge < -0.3 is 19.9 Å². The van der Waals surface area contributed by atoms with Crippen LogP contribution in [0.4, 0.5) is 4.79 Å². The summed E-state index contributed by atoms with van der Waals surface area (Å²) >= 11 is 0. The second kappa shape index (κ2) is 8.41. The average molecular weight is 313 g/mol. The number of hydrogen-bond acceptors (Lipinski definition) is 4. The van der Waals surface area contributed by atoms with Gasteiger partial charge >= 0.3 is 6.09 Å². The van der Waals surface area contributed by atoms with E-state index in [2.05, 4.69) is 11.9 Å². The summed E-state index contributed by atoms with van der Waals surface area (Å²) in [6.07, 6.45) is 0.694. The number of carbonyl (C=O) groups excluding carboxylic acids is 3. The third-order valence-electron chi connectivity index (χ3n) is 2.87. The van der Waals surface area contributed by atoms with Gasteiger partial charge in [-0.15, -0.1) is 0 Å². The maximum absolute atomic E-state index is 11.9. The van der Waals surface area contributed by atoms with Crippen LogP contribution in [0.1, 0.15) is 27.7 Å². The highest BCUT2D eigenvalue weighted by Crippen LogP contribution is 2.10. The Morgan fingerprint density at radius 1 is 1.27 bits per heavy atom. The quantitative estimate of drug-likeness (QED) is 0.742. The van der Waals surface area contributed by atoms with Crippen molar-refractivity contribution in [2.75, 3.05) is 27.2 Å². The molecule has 0 fully saturated rings. The zero-order chi connectivity index (χ0) is 17.5. The van der Waals surface area contributed by atoms with Gasteiger partial charge in [0.2, 0.25) is 11.8 Å². The molecule has 0 spiro atoms. The van der Waals surface area contributed by atoms with Crippen LogP contribution in [0.15, 0.2) is 12.7 Å². The zero-order valence-electron chi connectivity index (χ0n) is 14.3. The van der Waals surface area contributed by atoms with E-state index in [4.69, 9.17) is 4.74 Å². The van der Waals surface area contributed by atoms with E-state index in [0.717, 1.165) is 6.08 Å². The van der Waals surface area contributed by atoms with Crippen LogP contribution < -0.4 is 5.32 Å². The van der Waals surface area contributed by atoms with Crippen LogP contribution in [0.3, 0.4) is 0 Å². The SMILES string of the molecule is C=CC(=O)N(C)CC(=O)NCC(C)N(C)C(=O)OC(C)(C)C. The summed E-state index contributed by atoms with van der Waals surface area (Å²) in [4.78, 5) is 37.6. The van der Waals surface area contributed by atoms with E-state index in [1.807, 2.05) is 0 Å². The molecule has 126 valence electrons. The van der Waals surface area contributed by atoms with Crippen LogP contribution in [0.2, 0.25) is 0 Å². The van der Waals surface area contributed by atoms with E-state index in [-0.39, 0.29) is 30.9 Å². The monoisotopic (exact) mass is 313 g/mol. The van der Waals surface area contributed by atoms with Gasteiger partial charge in [-0.25, -0.2) is 4.79 Å². The Labute approximate surface area is 132 Å². The van der Waals surface area contributed by atoms with Crippen LogP contribution >= 0.6 is 0 Å². The molecule has 0 aromatic carbocycles. The second-order valence-corrected chi connectivity index (χ2v) is 6.14. The molecule has 3 amide bonds. The summed E-state index contributed by atoms with van der Waals surface area (Å²) in [6, 6.07) is -0.237. The van der Waals surface area contributed by atoms with Crippen molar-refractivity contribution >= 4 is 17.9 Å². The van der Waals surface area contributed by atoms with E-state index in [0.29, 0.717) is 0 Å². The lowest BCUT2D eigenvalue weighted by Crippen LogP contribution is -2.46. The van der Waals surface area contributed by atoms with Crippen LogP contribution in [0.25, 0.3) is 0 Å². The van der Waals surface area contributed by atoms with Gasteiger partial charge in [0.05, 0.1) is 6.54 Å². The summed E-state index contributed by atoms with van der Waals surface area (Å²) in [6.45, 7) is 10.7. The standard InChI is InChI=1S/C15H27N3O4/c1-8-13(20)17(6)10-12(19)16-9-11(2)18(7)14(21)22-15(3,4)5/h8,11H,1,9-10H2,2-7H3,(H,16,19). The van der Waals surface area contributed by atoms with Crippen molar-refractivity contribution in [2.24, 2.45) is 0 Å². The van der Waals surface area contributed by atoms with E-state index in [1.54, 1.807) is 34.7 Å². The van der Waals surface area contributed by atoms with Crippen molar-refractivity contribution in [2.45, 2.75) is 39.3 Å². The summed E-state index contributed by atoms with van der Waals surface area (Å²) < 4.78 is 5.25. The van der Waals surface area contributed by atoms with Gasteiger partial charge in [-0.1, -0.05) is 6.58 Å². The molecule has 0 aliphatic heterocycles. The van der Waals surface area contributed by atoms with Crippen LogP contribution in [-0.2, 0) is 14.3 Å². The first-order valence-corrected chi connectivity index (χ1v) is 7.08. The molecule has 0 aromatic heterocycles. The maximum Gasteiger partial charge on any atom is 0.410 e. The van der Waals surface area contributed by atoms with Crippen molar-refractivity contribution < 1.29 is 19.1 Å². The Morgan fingerprint density at radius 3 is 2.27 bits per heavy atom. The molecule has 0 radical (unpaired) electrons. The Morgan fingerprint density at radius 2 is 1.82 bits per heavy atom. The van der Waals surface area contributed by atoms with Gasteiger partial charge in [0, 0.05) is 26.7 Å². The molecule has 7 heteroatoms. The van der Waals surface area contributed by atoms with E-state index >= 15 is 0 Å². The number of rotatable bonds is 6. The number of likely N-dealkylation sites (N-methyl/N-ethyl adjacent to an activating group) is 2. The number of amides is 3. The van der Waals surface area contributed by atoms with Gasteiger partial charge in [-0.3, -0.25) is 9.59 Å². The fourth-order valence-corrected chi connectivity index (χ4v) is 1.42. The minimum atomic E-state index is -0.567. The second-order valence-electron chi connectivity index (χ2n) is 6.14. The third kappa shape index (κ3) is 7.66. The van der Waals surface area contributed by atoms with Crippen LogP contribution in [0, 0.1) is 0 Å².